The largest absolute Gasteiger partial charge is 0.388 e. The third-order valence-electron chi connectivity index (χ3n) is 2.69. The predicted molar refractivity (Wildman–Crippen MR) is 63.5 cm³/mol. The van der Waals surface area contributed by atoms with Crippen LogP contribution in [0, 0.1) is 6.92 Å². The maximum Gasteiger partial charge on any atom is 0.258 e. The van der Waals surface area contributed by atoms with Gasteiger partial charge in [0.1, 0.15) is 0 Å². The molecule has 3 nitrogen and oxygen atoms in total. The summed E-state index contributed by atoms with van der Waals surface area (Å²) in [5, 5.41) is 4.87. The molecule has 0 saturated carbocycles. The topological polar surface area (TPSA) is 34.0 Å². The Hall–Kier alpha value is -1.77. The van der Waals surface area contributed by atoms with Crippen LogP contribution in [-0.4, -0.2) is 11.6 Å². The van der Waals surface area contributed by atoms with Gasteiger partial charge in [0.25, 0.3) is 5.56 Å². The number of aryl methyl sites for hydroxylation is 2. The minimum Gasteiger partial charge on any atom is -0.388 e. The first-order valence-electron chi connectivity index (χ1n) is 4.91. The molecule has 0 spiro atoms. The van der Waals surface area contributed by atoms with Gasteiger partial charge in [0.15, 0.2) is 0 Å². The van der Waals surface area contributed by atoms with E-state index in [9.17, 15) is 4.79 Å². The Morgan fingerprint density at radius 1 is 1.33 bits per heavy atom. The van der Waals surface area contributed by atoms with E-state index in [4.69, 9.17) is 0 Å². The number of anilines is 1. The summed E-state index contributed by atoms with van der Waals surface area (Å²) in [5.74, 6) is 0. The van der Waals surface area contributed by atoms with Crippen LogP contribution in [0.25, 0.3) is 10.8 Å². The van der Waals surface area contributed by atoms with Gasteiger partial charge < -0.3 is 9.88 Å². The molecule has 0 bridgehead atoms. The Balaban J connectivity index is 2.88. The molecule has 0 aliphatic carbocycles. The lowest BCUT2D eigenvalue weighted by molar-refractivity contribution is 0.873. The van der Waals surface area contributed by atoms with Gasteiger partial charge in [0.05, 0.1) is 0 Å². The summed E-state index contributed by atoms with van der Waals surface area (Å²) in [6.07, 6.45) is 1.79. The molecule has 0 aliphatic rings. The standard InChI is InChI=1S/C12H14N2O/c1-8-6-10-9(7-11(8)13-2)4-5-14(3)12(10)15/h4-7,13H,1-3H3. The lowest BCUT2D eigenvalue weighted by Gasteiger charge is -2.07. The lowest BCUT2D eigenvalue weighted by atomic mass is 10.1. The van der Waals surface area contributed by atoms with Crippen LogP contribution >= 0.6 is 0 Å². The van der Waals surface area contributed by atoms with Crippen molar-refractivity contribution in [1.29, 1.82) is 0 Å². The minimum atomic E-state index is 0.0539. The van der Waals surface area contributed by atoms with Crippen molar-refractivity contribution in [2.45, 2.75) is 6.92 Å². The van der Waals surface area contributed by atoms with Gasteiger partial charge in [-0.05, 0) is 36.1 Å². The molecule has 3 heteroatoms. The van der Waals surface area contributed by atoms with E-state index in [2.05, 4.69) is 5.32 Å². The van der Waals surface area contributed by atoms with E-state index in [0.29, 0.717) is 0 Å². The summed E-state index contributed by atoms with van der Waals surface area (Å²) < 4.78 is 1.60. The number of rotatable bonds is 1. The van der Waals surface area contributed by atoms with E-state index in [1.54, 1.807) is 17.8 Å². The van der Waals surface area contributed by atoms with Crippen LogP contribution in [-0.2, 0) is 7.05 Å². The zero-order valence-corrected chi connectivity index (χ0v) is 9.16. The lowest BCUT2D eigenvalue weighted by Crippen LogP contribution is -2.15. The highest BCUT2D eigenvalue weighted by Gasteiger charge is 2.03. The molecule has 0 radical (unpaired) electrons. The molecule has 0 unspecified atom stereocenters. The summed E-state index contributed by atoms with van der Waals surface area (Å²) in [7, 11) is 3.65. The first-order chi connectivity index (χ1) is 7.13. The van der Waals surface area contributed by atoms with Crippen LogP contribution in [0.3, 0.4) is 0 Å². The summed E-state index contributed by atoms with van der Waals surface area (Å²) in [4.78, 5) is 11.8. The molecule has 0 fully saturated rings. The van der Waals surface area contributed by atoms with Crippen molar-refractivity contribution in [3.63, 3.8) is 0 Å². The summed E-state index contributed by atoms with van der Waals surface area (Å²) in [5.41, 5.74) is 2.21. The number of fused-ring (bicyclic) bond motifs is 1. The highest BCUT2D eigenvalue weighted by Crippen LogP contribution is 2.20. The van der Waals surface area contributed by atoms with Crippen molar-refractivity contribution >= 4 is 16.5 Å². The molecule has 0 aliphatic heterocycles. The minimum absolute atomic E-state index is 0.0539. The van der Waals surface area contributed by atoms with Crippen LogP contribution in [0.15, 0.2) is 29.2 Å². The number of hydrogen-bond acceptors (Lipinski definition) is 2. The molecule has 1 aromatic heterocycles. The number of aromatic nitrogens is 1. The average molecular weight is 202 g/mol. The fourth-order valence-corrected chi connectivity index (χ4v) is 1.77. The maximum atomic E-state index is 11.8. The van der Waals surface area contributed by atoms with Gasteiger partial charge in [0.2, 0.25) is 0 Å². The zero-order valence-electron chi connectivity index (χ0n) is 9.16. The van der Waals surface area contributed by atoms with Crippen molar-refractivity contribution in [3.05, 3.63) is 40.3 Å². The Kier molecular flexibility index (Phi) is 2.23. The molecule has 0 atom stereocenters. The number of pyridine rings is 1. The van der Waals surface area contributed by atoms with Crippen molar-refractivity contribution in [2.24, 2.45) is 7.05 Å². The Morgan fingerprint density at radius 3 is 2.73 bits per heavy atom. The molecule has 2 aromatic rings. The number of nitrogens with one attached hydrogen (secondary N) is 1. The molecular weight excluding hydrogens is 188 g/mol. The average Bonchev–Trinajstić information content (AvgIpc) is 2.24. The fourth-order valence-electron chi connectivity index (χ4n) is 1.77. The Morgan fingerprint density at radius 2 is 2.07 bits per heavy atom. The van der Waals surface area contributed by atoms with E-state index in [0.717, 1.165) is 22.0 Å². The van der Waals surface area contributed by atoms with Crippen LogP contribution in [0.1, 0.15) is 5.56 Å². The third-order valence-corrected chi connectivity index (χ3v) is 2.69. The zero-order chi connectivity index (χ0) is 11.0. The quantitative estimate of drug-likeness (QED) is 0.766. The van der Waals surface area contributed by atoms with Crippen LogP contribution in [0.4, 0.5) is 5.69 Å². The molecule has 1 N–H and O–H groups in total. The highest BCUT2D eigenvalue weighted by molar-refractivity contribution is 5.86. The van der Waals surface area contributed by atoms with Gasteiger partial charge in [-0.15, -0.1) is 0 Å². The van der Waals surface area contributed by atoms with Gasteiger partial charge >= 0.3 is 0 Å². The molecule has 1 heterocycles. The van der Waals surface area contributed by atoms with E-state index < -0.39 is 0 Å². The van der Waals surface area contributed by atoms with Crippen LogP contribution < -0.4 is 10.9 Å². The molecule has 78 valence electrons. The summed E-state index contributed by atoms with van der Waals surface area (Å²) in [6.45, 7) is 2.00. The second-order valence-electron chi connectivity index (χ2n) is 3.74. The molecule has 15 heavy (non-hydrogen) atoms. The molecular formula is C12H14N2O. The van der Waals surface area contributed by atoms with E-state index in [1.807, 2.05) is 32.2 Å². The summed E-state index contributed by atoms with van der Waals surface area (Å²) in [6, 6.07) is 5.90. The Bertz CT molecular complexity index is 570. The number of benzene rings is 1. The second-order valence-corrected chi connectivity index (χ2v) is 3.74. The third kappa shape index (κ3) is 1.50. The van der Waals surface area contributed by atoms with Gasteiger partial charge in [-0.1, -0.05) is 0 Å². The van der Waals surface area contributed by atoms with Crippen molar-refractivity contribution in [1.82, 2.24) is 4.57 Å². The predicted octanol–water partition coefficient (Wildman–Crippen LogP) is 1.89. The smallest absolute Gasteiger partial charge is 0.258 e. The maximum absolute atomic E-state index is 11.8. The van der Waals surface area contributed by atoms with E-state index in [-0.39, 0.29) is 5.56 Å². The normalized spacial score (nSPS) is 10.6. The Labute approximate surface area is 88.3 Å². The van der Waals surface area contributed by atoms with E-state index >= 15 is 0 Å². The number of nitrogens with zero attached hydrogens (tertiary/aromatic N) is 1. The molecule has 0 saturated heterocycles. The monoisotopic (exact) mass is 202 g/mol. The highest BCUT2D eigenvalue weighted by atomic mass is 16.1. The van der Waals surface area contributed by atoms with Gasteiger partial charge in [-0.2, -0.15) is 0 Å². The van der Waals surface area contributed by atoms with Crippen molar-refractivity contribution < 1.29 is 0 Å². The SMILES string of the molecule is CNc1cc2ccn(C)c(=O)c2cc1C. The molecule has 1 aromatic carbocycles. The van der Waals surface area contributed by atoms with Gasteiger partial charge in [-0.3, -0.25) is 4.79 Å². The van der Waals surface area contributed by atoms with Gasteiger partial charge in [-0.25, -0.2) is 0 Å². The van der Waals surface area contributed by atoms with Gasteiger partial charge in [0, 0.05) is 31.4 Å². The first kappa shape index (κ1) is 9.77. The number of hydrogen-bond donors (Lipinski definition) is 1. The fraction of sp³-hybridized carbons (Fsp3) is 0.250. The van der Waals surface area contributed by atoms with E-state index in [1.165, 1.54) is 0 Å². The molecule has 2 rings (SSSR count). The van der Waals surface area contributed by atoms with Crippen LogP contribution in [0.5, 0.6) is 0 Å². The first-order valence-corrected chi connectivity index (χ1v) is 4.91. The second kappa shape index (κ2) is 3.42. The van der Waals surface area contributed by atoms with Crippen molar-refractivity contribution in [3.8, 4) is 0 Å². The summed E-state index contributed by atoms with van der Waals surface area (Å²) >= 11 is 0. The van der Waals surface area contributed by atoms with Crippen molar-refractivity contribution in [2.75, 3.05) is 12.4 Å². The van der Waals surface area contributed by atoms with Crippen LogP contribution in [0.2, 0.25) is 0 Å². The molecule has 0 amide bonds.